The molecule has 8 heteroatoms. The van der Waals surface area contributed by atoms with Gasteiger partial charge >= 0.3 is 5.97 Å². The lowest BCUT2D eigenvalue weighted by Gasteiger charge is -2.26. The van der Waals surface area contributed by atoms with Crippen LogP contribution >= 0.6 is 11.8 Å². The van der Waals surface area contributed by atoms with Crippen molar-refractivity contribution in [3.8, 4) is 0 Å². The molecule has 1 fully saturated rings. The Morgan fingerprint density at radius 2 is 2.06 bits per heavy atom. The van der Waals surface area contributed by atoms with E-state index in [1.54, 1.807) is 20.8 Å². The summed E-state index contributed by atoms with van der Waals surface area (Å²) in [5.74, 6) is -0.632. The minimum atomic E-state index is -3.73. The first-order valence-electron chi connectivity index (χ1n) is 4.75. The lowest BCUT2D eigenvalue weighted by atomic mass is 10.1. The van der Waals surface area contributed by atoms with Gasteiger partial charge in [0.25, 0.3) is 10.2 Å². The molecule has 1 heterocycles. The van der Waals surface area contributed by atoms with Gasteiger partial charge in [-0.25, -0.2) is 0 Å². The number of carboxylic acid groups (broad SMARTS) is 1. The summed E-state index contributed by atoms with van der Waals surface area (Å²) in [4.78, 5) is 10.9. The molecule has 0 aliphatic carbocycles. The quantitative estimate of drug-likeness (QED) is 0.757. The average Bonchev–Trinajstić information content (AvgIpc) is 2.45. The number of carboxylic acids is 1. The second-order valence-corrected chi connectivity index (χ2v) is 7.22. The summed E-state index contributed by atoms with van der Waals surface area (Å²) < 4.78 is 27.2. The molecule has 6 nitrogen and oxygen atoms in total. The van der Waals surface area contributed by atoms with Crippen LogP contribution in [-0.4, -0.2) is 47.0 Å². The minimum Gasteiger partial charge on any atom is -0.480 e. The third kappa shape index (κ3) is 3.34. The van der Waals surface area contributed by atoms with Gasteiger partial charge in [0.2, 0.25) is 0 Å². The van der Waals surface area contributed by atoms with E-state index in [-0.39, 0.29) is 5.88 Å². The number of nitrogens with zero attached hydrogens (tertiary/aromatic N) is 1. The molecule has 1 unspecified atom stereocenters. The summed E-state index contributed by atoms with van der Waals surface area (Å²) in [5, 5.41) is 8.90. The molecular weight excluding hydrogens is 252 g/mol. The Morgan fingerprint density at radius 3 is 2.50 bits per heavy atom. The summed E-state index contributed by atoms with van der Waals surface area (Å²) in [7, 11) is -3.73. The molecule has 1 atom stereocenters. The molecule has 0 aromatic rings. The van der Waals surface area contributed by atoms with E-state index in [0.717, 1.165) is 4.31 Å². The smallest absolute Gasteiger partial charge is 0.322 e. The topological polar surface area (TPSA) is 86.7 Å². The number of thioether (sulfide) groups is 1. The highest BCUT2D eigenvalue weighted by atomic mass is 32.2. The molecule has 1 aliphatic heterocycles. The van der Waals surface area contributed by atoms with Crippen LogP contribution in [0.25, 0.3) is 0 Å². The Labute approximate surface area is 99.6 Å². The normalized spacial score (nSPS) is 23.6. The number of nitrogens with one attached hydrogen (secondary N) is 1. The zero-order valence-corrected chi connectivity index (χ0v) is 11.1. The van der Waals surface area contributed by atoms with Crippen molar-refractivity contribution < 1.29 is 18.3 Å². The van der Waals surface area contributed by atoms with E-state index in [1.807, 2.05) is 0 Å². The average molecular weight is 268 g/mol. The van der Waals surface area contributed by atoms with Crippen molar-refractivity contribution in [1.29, 1.82) is 0 Å². The Hall–Kier alpha value is -0.310. The van der Waals surface area contributed by atoms with E-state index in [4.69, 9.17) is 5.11 Å². The molecular formula is C8H16N2O4S2. The largest absolute Gasteiger partial charge is 0.480 e. The standard InChI is InChI=1S/C8H16N2O4S2/c1-8(2,3)9-16(13,14)10-5-15-4-6(10)7(11)12/h6,9H,4-5H2,1-3H3,(H,11,12). The van der Waals surface area contributed by atoms with E-state index >= 15 is 0 Å². The molecule has 1 saturated heterocycles. The first-order chi connectivity index (χ1) is 7.13. The first-order valence-corrected chi connectivity index (χ1v) is 7.34. The Balaban J connectivity index is 2.87. The fourth-order valence-corrected chi connectivity index (χ4v) is 4.58. The highest BCUT2D eigenvalue weighted by molar-refractivity contribution is 8.00. The van der Waals surface area contributed by atoms with E-state index in [9.17, 15) is 13.2 Å². The van der Waals surface area contributed by atoms with Crippen LogP contribution in [0.3, 0.4) is 0 Å². The van der Waals surface area contributed by atoms with Gasteiger partial charge in [0.15, 0.2) is 0 Å². The molecule has 1 rings (SSSR count). The summed E-state index contributed by atoms with van der Waals surface area (Å²) in [6, 6.07) is -0.968. The molecule has 16 heavy (non-hydrogen) atoms. The lowest BCUT2D eigenvalue weighted by molar-refractivity contribution is -0.140. The number of carbonyl (C=O) groups is 1. The van der Waals surface area contributed by atoms with Crippen molar-refractivity contribution in [3.05, 3.63) is 0 Å². The molecule has 0 saturated carbocycles. The van der Waals surface area contributed by atoms with Crippen molar-refractivity contribution >= 4 is 27.9 Å². The fourth-order valence-electron chi connectivity index (χ4n) is 1.30. The second kappa shape index (κ2) is 4.52. The highest BCUT2D eigenvalue weighted by Gasteiger charge is 2.40. The van der Waals surface area contributed by atoms with Gasteiger partial charge in [0.05, 0.1) is 5.88 Å². The fraction of sp³-hybridized carbons (Fsp3) is 0.875. The predicted octanol–water partition coefficient (Wildman–Crippen LogP) is 0.0788. The van der Waals surface area contributed by atoms with E-state index in [0.29, 0.717) is 5.75 Å². The van der Waals surface area contributed by atoms with Crippen LogP contribution in [0.1, 0.15) is 20.8 Å². The van der Waals surface area contributed by atoms with Crippen LogP contribution in [-0.2, 0) is 15.0 Å². The third-order valence-corrected chi connectivity index (χ3v) is 4.92. The van der Waals surface area contributed by atoms with E-state index < -0.39 is 27.8 Å². The zero-order chi connectivity index (χ0) is 12.6. The monoisotopic (exact) mass is 268 g/mol. The maximum Gasteiger partial charge on any atom is 0.322 e. The molecule has 0 aromatic heterocycles. The summed E-state index contributed by atoms with van der Waals surface area (Å²) in [5.41, 5.74) is -0.616. The van der Waals surface area contributed by atoms with Crippen molar-refractivity contribution in [3.63, 3.8) is 0 Å². The molecule has 0 amide bonds. The van der Waals surface area contributed by atoms with Gasteiger partial charge < -0.3 is 5.11 Å². The minimum absolute atomic E-state index is 0.183. The summed E-state index contributed by atoms with van der Waals surface area (Å²) >= 11 is 1.30. The van der Waals surface area contributed by atoms with Crippen molar-refractivity contribution in [2.75, 3.05) is 11.6 Å². The lowest BCUT2D eigenvalue weighted by Crippen LogP contribution is -2.52. The number of hydrogen-bond acceptors (Lipinski definition) is 4. The summed E-state index contributed by atoms with van der Waals surface area (Å²) in [6.07, 6.45) is 0. The van der Waals surface area contributed by atoms with Crippen LogP contribution in [0, 0.1) is 0 Å². The zero-order valence-electron chi connectivity index (χ0n) is 9.43. The second-order valence-electron chi connectivity index (χ2n) is 4.60. The highest BCUT2D eigenvalue weighted by Crippen LogP contribution is 2.24. The van der Waals surface area contributed by atoms with Crippen molar-refractivity contribution in [1.82, 2.24) is 9.03 Å². The number of hydrogen-bond donors (Lipinski definition) is 2. The van der Waals surface area contributed by atoms with Gasteiger partial charge in [-0.2, -0.15) is 17.4 Å². The van der Waals surface area contributed by atoms with Crippen LogP contribution < -0.4 is 4.72 Å². The Morgan fingerprint density at radius 1 is 1.50 bits per heavy atom. The van der Waals surface area contributed by atoms with Gasteiger partial charge in [0.1, 0.15) is 6.04 Å². The third-order valence-electron chi connectivity index (χ3n) is 1.87. The van der Waals surface area contributed by atoms with Gasteiger partial charge in [-0.15, -0.1) is 11.8 Å². The van der Waals surface area contributed by atoms with Gasteiger partial charge in [0, 0.05) is 11.3 Å². The Kier molecular flexibility index (Phi) is 3.88. The van der Waals surface area contributed by atoms with Crippen molar-refractivity contribution in [2.45, 2.75) is 32.4 Å². The summed E-state index contributed by atoms with van der Waals surface area (Å²) in [6.45, 7) is 5.14. The van der Waals surface area contributed by atoms with E-state index in [1.165, 1.54) is 11.8 Å². The molecule has 94 valence electrons. The van der Waals surface area contributed by atoms with Gasteiger partial charge in [-0.3, -0.25) is 4.79 Å². The SMILES string of the molecule is CC(C)(C)NS(=O)(=O)N1CSCC1C(=O)O. The van der Waals surface area contributed by atoms with Crippen LogP contribution in [0.5, 0.6) is 0 Å². The number of aliphatic carboxylic acids is 1. The molecule has 0 radical (unpaired) electrons. The van der Waals surface area contributed by atoms with Gasteiger partial charge in [-0.05, 0) is 20.8 Å². The maximum atomic E-state index is 11.9. The number of rotatable bonds is 3. The van der Waals surface area contributed by atoms with Crippen LogP contribution in [0.2, 0.25) is 0 Å². The Bertz CT molecular complexity index is 374. The van der Waals surface area contributed by atoms with Crippen molar-refractivity contribution in [2.24, 2.45) is 0 Å². The molecule has 0 spiro atoms. The van der Waals surface area contributed by atoms with Crippen LogP contribution in [0.15, 0.2) is 0 Å². The molecule has 1 aliphatic rings. The molecule has 2 N–H and O–H groups in total. The molecule has 0 bridgehead atoms. The first kappa shape index (κ1) is 13.8. The molecule has 0 aromatic carbocycles. The van der Waals surface area contributed by atoms with Crippen LogP contribution in [0.4, 0.5) is 0 Å². The maximum absolute atomic E-state index is 11.9. The predicted molar refractivity (Wildman–Crippen MR) is 62.4 cm³/mol. The van der Waals surface area contributed by atoms with Gasteiger partial charge in [-0.1, -0.05) is 0 Å². The van der Waals surface area contributed by atoms with E-state index in [2.05, 4.69) is 4.72 Å².